The fourth-order valence-corrected chi connectivity index (χ4v) is 5.27. The van der Waals surface area contributed by atoms with Gasteiger partial charge < -0.3 is 15.1 Å². The zero-order valence-corrected chi connectivity index (χ0v) is 23.6. The first-order valence-corrected chi connectivity index (χ1v) is 14.2. The SMILES string of the molecule is CC(C)c1cccc(C(C)C)c1NC(=O)CCN(CCN1CCN(c2ccccc2)CC1)c1ccccc1. The van der Waals surface area contributed by atoms with E-state index >= 15 is 0 Å². The van der Waals surface area contributed by atoms with Crippen LogP contribution < -0.4 is 15.1 Å². The highest BCUT2D eigenvalue weighted by atomic mass is 16.1. The highest BCUT2D eigenvalue weighted by Gasteiger charge is 2.19. The van der Waals surface area contributed by atoms with Crippen molar-refractivity contribution < 1.29 is 4.79 Å². The number of nitrogens with zero attached hydrogens (tertiary/aromatic N) is 3. The third-order valence-corrected chi connectivity index (χ3v) is 7.55. The first-order valence-electron chi connectivity index (χ1n) is 14.2. The molecule has 38 heavy (non-hydrogen) atoms. The number of hydrogen-bond donors (Lipinski definition) is 1. The number of anilines is 3. The van der Waals surface area contributed by atoms with Crippen LogP contribution in [0, 0.1) is 0 Å². The highest BCUT2D eigenvalue weighted by Crippen LogP contribution is 2.32. The van der Waals surface area contributed by atoms with E-state index < -0.39 is 0 Å². The van der Waals surface area contributed by atoms with Gasteiger partial charge in [0.2, 0.25) is 5.91 Å². The van der Waals surface area contributed by atoms with Gasteiger partial charge in [-0.05, 0) is 47.2 Å². The molecule has 1 saturated heterocycles. The predicted octanol–water partition coefficient (Wildman–Crippen LogP) is 6.59. The van der Waals surface area contributed by atoms with Crippen molar-refractivity contribution in [1.82, 2.24) is 4.90 Å². The molecule has 3 aromatic carbocycles. The van der Waals surface area contributed by atoms with Crippen molar-refractivity contribution in [3.63, 3.8) is 0 Å². The minimum absolute atomic E-state index is 0.0809. The van der Waals surface area contributed by atoms with Gasteiger partial charge >= 0.3 is 0 Å². The van der Waals surface area contributed by atoms with E-state index in [1.807, 2.05) is 6.07 Å². The molecule has 0 radical (unpaired) electrons. The number of piperazine rings is 1. The van der Waals surface area contributed by atoms with Crippen molar-refractivity contribution >= 4 is 23.0 Å². The fourth-order valence-electron chi connectivity index (χ4n) is 5.27. The van der Waals surface area contributed by atoms with Crippen LogP contribution in [0.3, 0.4) is 0 Å². The van der Waals surface area contributed by atoms with Gasteiger partial charge in [-0.1, -0.05) is 82.3 Å². The van der Waals surface area contributed by atoms with E-state index in [9.17, 15) is 4.79 Å². The van der Waals surface area contributed by atoms with Crippen LogP contribution in [0.25, 0.3) is 0 Å². The van der Waals surface area contributed by atoms with Crippen molar-refractivity contribution in [2.45, 2.75) is 46.0 Å². The molecule has 1 aliphatic heterocycles. The lowest BCUT2D eigenvalue weighted by Crippen LogP contribution is -2.48. The molecule has 0 atom stereocenters. The maximum absolute atomic E-state index is 13.2. The van der Waals surface area contributed by atoms with Gasteiger partial charge in [-0.25, -0.2) is 0 Å². The molecular weight excluding hydrogens is 468 g/mol. The van der Waals surface area contributed by atoms with Crippen molar-refractivity contribution in [3.05, 3.63) is 90.0 Å². The van der Waals surface area contributed by atoms with E-state index in [0.29, 0.717) is 24.8 Å². The van der Waals surface area contributed by atoms with Gasteiger partial charge in [0.05, 0.1) is 0 Å². The average molecular weight is 513 g/mol. The van der Waals surface area contributed by atoms with Crippen molar-refractivity contribution in [3.8, 4) is 0 Å². The van der Waals surface area contributed by atoms with Crippen molar-refractivity contribution in [1.29, 1.82) is 0 Å². The average Bonchev–Trinajstić information content (AvgIpc) is 2.94. The molecule has 0 unspecified atom stereocenters. The molecule has 5 heteroatoms. The molecule has 0 aliphatic carbocycles. The number of para-hydroxylation sites is 3. The summed E-state index contributed by atoms with van der Waals surface area (Å²) in [6.45, 7) is 15.5. The largest absolute Gasteiger partial charge is 0.370 e. The van der Waals surface area contributed by atoms with Crippen LogP contribution in [0.5, 0.6) is 0 Å². The zero-order chi connectivity index (χ0) is 26.9. The van der Waals surface area contributed by atoms with Crippen LogP contribution in [0.1, 0.15) is 57.1 Å². The predicted molar refractivity (Wildman–Crippen MR) is 162 cm³/mol. The summed E-state index contributed by atoms with van der Waals surface area (Å²) in [6, 6.07) is 27.6. The quantitative estimate of drug-likeness (QED) is 0.315. The number of nitrogens with one attached hydrogen (secondary N) is 1. The molecule has 202 valence electrons. The summed E-state index contributed by atoms with van der Waals surface area (Å²) in [5, 5.41) is 3.29. The Hall–Kier alpha value is -3.31. The molecule has 1 aliphatic rings. The van der Waals surface area contributed by atoms with Crippen LogP contribution in [0.2, 0.25) is 0 Å². The number of benzene rings is 3. The Morgan fingerprint density at radius 3 is 1.92 bits per heavy atom. The van der Waals surface area contributed by atoms with Crippen LogP contribution in [0.15, 0.2) is 78.9 Å². The first-order chi connectivity index (χ1) is 18.4. The second kappa shape index (κ2) is 13.5. The minimum Gasteiger partial charge on any atom is -0.370 e. The molecule has 1 amide bonds. The standard InChI is InChI=1S/C33H44N4O/c1-26(2)30-16-11-17-31(27(3)4)33(30)34-32(38)18-19-36(28-12-7-5-8-13-28)23-20-35-21-24-37(25-22-35)29-14-9-6-10-15-29/h5-17,26-27H,18-25H2,1-4H3,(H,34,38). The summed E-state index contributed by atoms with van der Waals surface area (Å²) in [7, 11) is 0. The third-order valence-electron chi connectivity index (χ3n) is 7.55. The lowest BCUT2D eigenvalue weighted by Gasteiger charge is -2.37. The van der Waals surface area contributed by atoms with Gasteiger partial charge in [-0.2, -0.15) is 0 Å². The van der Waals surface area contributed by atoms with Gasteiger partial charge in [0.1, 0.15) is 0 Å². The van der Waals surface area contributed by atoms with Gasteiger partial charge in [-0.15, -0.1) is 0 Å². The summed E-state index contributed by atoms with van der Waals surface area (Å²) >= 11 is 0. The molecule has 1 heterocycles. The van der Waals surface area contributed by atoms with Gasteiger partial charge in [-0.3, -0.25) is 9.69 Å². The van der Waals surface area contributed by atoms with E-state index in [0.717, 1.165) is 45.0 Å². The fraction of sp³-hybridized carbons (Fsp3) is 0.424. The van der Waals surface area contributed by atoms with Crippen LogP contribution >= 0.6 is 0 Å². The Morgan fingerprint density at radius 2 is 1.34 bits per heavy atom. The van der Waals surface area contributed by atoms with Crippen molar-refractivity contribution in [2.75, 3.05) is 60.9 Å². The Bertz CT molecular complexity index is 1110. The Morgan fingerprint density at radius 1 is 0.763 bits per heavy atom. The van der Waals surface area contributed by atoms with Crippen LogP contribution in [0.4, 0.5) is 17.1 Å². The minimum atomic E-state index is 0.0809. The normalized spacial score (nSPS) is 14.2. The van der Waals surface area contributed by atoms with Crippen molar-refractivity contribution in [2.24, 2.45) is 0 Å². The third kappa shape index (κ3) is 7.38. The lowest BCUT2D eigenvalue weighted by molar-refractivity contribution is -0.116. The molecule has 0 bridgehead atoms. The molecule has 1 fully saturated rings. The Labute approximate surface area is 229 Å². The number of carbonyl (C=O) groups excluding carboxylic acids is 1. The summed E-state index contributed by atoms with van der Waals surface area (Å²) in [6.07, 6.45) is 0.459. The topological polar surface area (TPSA) is 38.8 Å². The van der Waals surface area contributed by atoms with Crippen LogP contribution in [-0.4, -0.2) is 56.6 Å². The monoisotopic (exact) mass is 512 g/mol. The molecule has 3 aromatic rings. The summed E-state index contributed by atoms with van der Waals surface area (Å²) in [4.78, 5) is 20.6. The maximum atomic E-state index is 13.2. The molecule has 0 aromatic heterocycles. The van der Waals surface area contributed by atoms with Gasteiger partial charge in [0.25, 0.3) is 0 Å². The molecule has 1 N–H and O–H groups in total. The molecule has 0 spiro atoms. The maximum Gasteiger partial charge on any atom is 0.226 e. The summed E-state index contributed by atoms with van der Waals surface area (Å²) in [5.41, 5.74) is 5.90. The Balaban J connectivity index is 1.35. The second-order valence-electron chi connectivity index (χ2n) is 10.9. The molecule has 4 rings (SSSR count). The molecular formula is C33H44N4O. The zero-order valence-electron chi connectivity index (χ0n) is 23.6. The second-order valence-corrected chi connectivity index (χ2v) is 10.9. The highest BCUT2D eigenvalue weighted by molar-refractivity contribution is 5.93. The smallest absolute Gasteiger partial charge is 0.226 e. The summed E-state index contributed by atoms with van der Waals surface area (Å²) < 4.78 is 0. The first kappa shape index (κ1) is 27.7. The van der Waals surface area contributed by atoms with Gasteiger partial charge in [0.15, 0.2) is 0 Å². The van der Waals surface area contributed by atoms with E-state index in [-0.39, 0.29) is 5.91 Å². The summed E-state index contributed by atoms with van der Waals surface area (Å²) in [5.74, 6) is 0.789. The van der Waals surface area contributed by atoms with Gasteiger partial charge in [0, 0.05) is 69.3 Å². The number of rotatable bonds is 11. The number of hydrogen-bond acceptors (Lipinski definition) is 4. The van der Waals surface area contributed by atoms with Crippen LogP contribution in [-0.2, 0) is 4.79 Å². The van der Waals surface area contributed by atoms with E-state index in [2.05, 4.69) is 121 Å². The number of amides is 1. The van der Waals surface area contributed by atoms with E-state index in [1.165, 1.54) is 22.5 Å². The molecule has 5 nitrogen and oxygen atoms in total. The number of carbonyl (C=O) groups is 1. The Kier molecular flexibility index (Phi) is 9.83. The van der Waals surface area contributed by atoms with E-state index in [4.69, 9.17) is 0 Å². The van der Waals surface area contributed by atoms with E-state index in [1.54, 1.807) is 0 Å². The molecule has 0 saturated carbocycles. The lowest BCUT2D eigenvalue weighted by atomic mass is 9.92.